The van der Waals surface area contributed by atoms with E-state index in [9.17, 15) is 26.3 Å². The zero-order valence-electron chi connectivity index (χ0n) is 27.6. The van der Waals surface area contributed by atoms with Crippen LogP contribution in [-0.4, -0.2) is 26.3 Å². The summed E-state index contributed by atoms with van der Waals surface area (Å²) < 4.78 is 77.3. The van der Waals surface area contributed by atoms with Gasteiger partial charge in [-0.15, -0.1) is 6.58 Å². The first-order valence-electron chi connectivity index (χ1n) is 16.0. The molecule has 1 fully saturated rings. The van der Waals surface area contributed by atoms with Gasteiger partial charge in [-0.3, -0.25) is 0 Å². The average Bonchev–Trinajstić information content (AvgIpc) is 3.07. The summed E-state index contributed by atoms with van der Waals surface area (Å²) in [6.07, 6.45) is -2.58. The molecule has 2 unspecified atom stereocenters. The predicted molar refractivity (Wildman–Crippen MR) is 178 cm³/mol. The highest BCUT2D eigenvalue weighted by molar-refractivity contribution is 5.64. The van der Waals surface area contributed by atoms with E-state index < -0.39 is 23.3 Å². The minimum Gasteiger partial charge on any atom is -0.388 e. The third kappa shape index (κ3) is 9.87. The molecule has 2 atom stereocenters. The molecule has 0 aromatic heterocycles. The number of halogens is 6. The van der Waals surface area contributed by atoms with Crippen molar-refractivity contribution in [2.75, 3.05) is 25.5 Å². The van der Waals surface area contributed by atoms with Crippen molar-refractivity contribution in [2.45, 2.75) is 71.6 Å². The molecule has 0 saturated carbocycles. The Kier molecular flexibility index (Phi) is 12.7. The molecule has 1 heterocycles. The Bertz CT molecular complexity index is 1500. The predicted octanol–water partition coefficient (Wildman–Crippen LogP) is 10.6. The van der Waals surface area contributed by atoms with E-state index >= 15 is 0 Å². The standard InChI is InChI=1S/C29H38F3N.C9H7F3N2/c1-5-27(3,26-15-18-33-19-16-26)21-23-8-7-9-25(20-23)24-12-10-22(11-13-24)14-17-28(4,6-2)29(30,31)32;1-14-7-3-2-6(5-13)8(4-7)9(10,11)12/h5,7-13,20,26,33H,1,6,14-19,21H2,2-4H3;2-4,14H,1H3. The van der Waals surface area contributed by atoms with Gasteiger partial charge in [0, 0.05) is 12.7 Å². The Morgan fingerprint density at radius 3 is 2.11 bits per heavy atom. The molecule has 3 nitrogen and oxygen atoms in total. The number of hydrogen-bond acceptors (Lipinski definition) is 3. The van der Waals surface area contributed by atoms with Crippen molar-refractivity contribution < 1.29 is 26.3 Å². The van der Waals surface area contributed by atoms with Crippen molar-refractivity contribution in [1.82, 2.24) is 5.32 Å². The Hall–Kier alpha value is -3.77. The molecule has 0 amide bonds. The Morgan fingerprint density at radius 1 is 0.915 bits per heavy atom. The molecule has 3 aromatic rings. The van der Waals surface area contributed by atoms with E-state index in [1.165, 1.54) is 44.5 Å². The smallest absolute Gasteiger partial charge is 0.388 e. The van der Waals surface area contributed by atoms with E-state index in [1.807, 2.05) is 24.3 Å². The second kappa shape index (κ2) is 15.9. The van der Waals surface area contributed by atoms with Gasteiger partial charge < -0.3 is 10.6 Å². The molecule has 1 saturated heterocycles. The first kappa shape index (κ1) is 37.7. The minimum atomic E-state index is -4.49. The molecule has 2 N–H and O–H groups in total. The number of allylic oxidation sites excluding steroid dienone is 1. The van der Waals surface area contributed by atoms with E-state index in [0.29, 0.717) is 18.0 Å². The lowest BCUT2D eigenvalue weighted by Gasteiger charge is -2.38. The highest BCUT2D eigenvalue weighted by atomic mass is 19.4. The molecule has 47 heavy (non-hydrogen) atoms. The number of piperidine rings is 1. The molecule has 0 bridgehead atoms. The molecular weight excluding hydrogens is 612 g/mol. The lowest BCUT2D eigenvalue weighted by atomic mass is 9.69. The van der Waals surface area contributed by atoms with Gasteiger partial charge in [0.15, 0.2) is 0 Å². The highest BCUT2D eigenvalue weighted by Gasteiger charge is 2.48. The Morgan fingerprint density at radius 2 is 1.57 bits per heavy atom. The van der Waals surface area contributed by atoms with Crippen molar-refractivity contribution in [3.05, 3.63) is 102 Å². The summed E-state index contributed by atoms with van der Waals surface area (Å²) in [6, 6.07) is 21.6. The Balaban J connectivity index is 0.000000358. The van der Waals surface area contributed by atoms with Crippen molar-refractivity contribution in [3.8, 4) is 17.2 Å². The number of aryl methyl sites for hydroxylation is 1. The van der Waals surface area contributed by atoms with Gasteiger partial charge >= 0.3 is 12.4 Å². The van der Waals surface area contributed by atoms with Crippen LogP contribution >= 0.6 is 0 Å². The van der Waals surface area contributed by atoms with Crippen LogP contribution in [0.1, 0.15) is 68.7 Å². The monoisotopic (exact) mass is 657 g/mol. The van der Waals surface area contributed by atoms with E-state index in [2.05, 4.69) is 54.5 Å². The topological polar surface area (TPSA) is 47.8 Å². The molecule has 0 spiro atoms. The van der Waals surface area contributed by atoms with Crippen LogP contribution in [0.5, 0.6) is 0 Å². The molecule has 1 aliphatic heterocycles. The lowest BCUT2D eigenvalue weighted by Crippen LogP contribution is -2.37. The maximum Gasteiger partial charge on any atom is 0.417 e. The van der Waals surface area contributed by atoms with E-state index in [4.69, 9.17) is 5.26 Å². The van der Waals surface area contributed by atoms with Gasteiger partial charge in [0.25, 0.3) is 0 Å². The zero-order chi connectivity index (χ0) is 34.9. The molecular formula is C38H45F6N3. The van der Waals surface area contributed by atoms with Crippen LogP contribution in [0.2, 0.25) is 0 Å². The summed E-state index contributed by atoms with van der Waals surface area (Å²) in [6.45, 7) is 11.6. The summed E-state index contributed by atoms with van der Waals surface area (Å²) in [5.74, 6) is 0.629. The number of nitrogens with one attached hydrogen (secondary N) is 2. The van der Waals surface area contributed by atoms with Crippen LogP contribution in [0.15, 0.2) is 79.4 Å². The summed E-state index contributed by atoms with van der Waals surface area (Å²) >= 11 is 0. The van der Waals surface area contributed by atoms with Gasteiger partial charge in [0.05, 0.1) is 22.6 Å². The van der Waals surface area contributed by atoms with E-state index in [0.717, 1.165) is 48.3 Å². The largest absolute Gasteiger partial charge is 0.417 e. The molecule has 4 rings (SSSR count). The highest BCUT2D eigenvalue weighted by Crippen LogP contribution is 2.44. The minimum absolute atomic E-state index is 0.0645. The van der Waals surface area contributed by atoms with Crippen LogP contribution in [0.25, 0.3) is 11.1 Å². The normalized spacial score (nSPS) is 16.5. The molecule has 0 radical (unpaired) electrons. The van der Waals surface area contributed by atoms with Gasteiger partial charge in [0.2, 0.25) is 0 Å². The van der Waals surface area contributed by atoms with Crippen LogP contribution in [0.3, 0.4) is 0 Å². The second-order valence-electron chi connectivity index (χ2n) is 12.8. The van der Waals surface area contributed by atoms with Crippen LogP contribution < -0.4 is 10.6 Å². The Labute approximate surface area is 275 Å². The fourth-order valence-electron chi connectivity index (χ4n) is 6.00. The van der Waals surface area contributed by atoms with Gasteiger partial charge in [0.1, 0.15) is 0 Å². The van der Waals surface area contributed by atoms with Crippen LogP contribution in [0, 0.1) is 28.1 Å². The number of nitriles is 1. The van der Waals surface area contributed by atoms with Crippen LogP contribution in [0.4, 0.5) is 32.0 Å². The van der Waals surface area contributed by atoms with Gasteiger partial charge in [-0.25, -0.2) is 0 Å². The molecule has 1 aliphatic rings. The van der Waals surface area contributed by atoms with E-state index in [1.54, 1.807) is 6.92 Å². The van der Waals surface area contributed by atoms with Gasteiger partial charge in [-0.1, -0.05) is 75.4 Å². The van der Waals surface area contributed by atoms with Crippen LogP contribution in [-0.2, 0) is 19.0 Å². The summed E-state index contributed by atoms with van der Waals surface area (Å²) in [7, 11) is 1.52. The third-order valence-corrected chi connectivity index (χ3v) is 9.70. The number of nitrogens with zero attached hydrogens (tertiary/aromatic N) is 1. The fraction of sp³-hybridized carbons (Fsp3) is 0.447. The van der Waals surface area contributed by atoms with Gasteiger partial charge in [-0.05, 0) is 103 Å². The summed E-state index contributed by atoms with van der Waals surface area (Å²) in [4.78, 5) is 0. The van der Waals surface area contributed by atoms with Crippen molar-refractivity contribution in [3.63, 3.8) is 0 Å². The maximum atomic E-state index is 13.4. The SMILES string of the molecule is C=CC(C)(Cc1cccc(-c2ccc(CCC(C)(CC)C(F)(F)F)cc2)c1)C1CCNCC1.CNc1ccc(C#N)c(C(F)(F)F)c1. The number of rotatable bonds is 10. The van der Waals surface area contributed by atoms with Crippen molar-refractivity contribution in [2.24, 2.45) is 16.7 Å². The summed E-state index contributed by atoms with van der Waals surface area (Å²) in [5.41, 5.74) is 1.97. The number of alkyl halides is 6. The first-order chi connectivity index (χ1) is 22.1. The van der Waals surface area contributed by atoms with Crippen molar-refractivity contribution in [1.29, 1.82) is 5.26 Å². The number of benzene rings is 3. The number of hydrogen-bond donors (Lipinski definition) is 2. The average molecular weight is 658 g/mol. The molecule has 9 heteroatoms. The second-order valence-corrected chi connectivity index (χ2v) is 12.8. The van der Waals surface area contributed by atoms with Crippen molar-refractivity contribution >= 4 is 5.69 Å². The molecule has 0 aliphatic carbocycles. The number of anilines is 1. The fourth-order valence-corrected chi connectivity index (χ4v) is 6.00. The molecule has 3 aromatic carbocycles. The maximum absolute atomic E-state index is 13.4. The summed E-state index contributed by atoms with van der Waals surface area (Å²) in [5, 5.41) is 14.5. The lowest BCUT2D eigenvalue weighted by molar-refractivity contribution is -0.221. The van der Waals surface area contributed by atoms with E-state index in [-0.39, 0.29) is 23.8 Å². The zero-order valence-corrected chi connectivity index (χ0v) is 27.6. The van der Waals surface area contributed by atoms with Gasteiger partial charge in [-0.2, -0.15) is 31.6 Å². The first-order valence-corrected chi connectivity index (χ1v) is 16.0. The molecule has 254 valence electrons. The third-order valence-electron chi connectivity index (χ3n) is 9.70. The quantitative estimate of drug-likeness (QED) is 0.169.